The van der Waals surface area contributed by atoms with E-state index in [2.05, 4.69) is 19.2 Å². The summed E-state index contributed by atoms with van der Waals surface area (Å²) in [7, 11) is 0. The van der Waals surface area contributed by atoms with Gasteiger partial charge in [-0.3, -0.25) is 0 Å². The molecule has 0 bridgehead atoms. The van der Waals surface area contributed by atoms with Crippen LogP contribution in [0.2, 0.25) is 5.02 Å². The van der Waals surface area contributed by atoms with Crippen LogP contribution >= 0.6 is 11.6 Å². The summed E-state index contributed by atoms with van der Waals surface area (Å²) < 4.78 is 38.0. The molecule has 0 saturated carbocycles. The molecule has 0 aliphatic heterocycles. The van der Waals surface area contributed by atoms with Gasteiger partial charge in [-0.05, 0) is 43.9 Å². The van der Waals surface area contributed by atoms with Crippen LogP contribution in [0.4, 0.5) is 18.9 Å². The maximum Gasteiger partial charge on any atom is 0.416 e. The fourth-order valence-electron chi connectivity index (χ4n) is 1.78. The number of halogens is 4. The van der Waals surface area contributed by atoms with Crippen molar-refractivity contribution in [2.24, 2.45) is 5.92 Å². The first-order valence-corrected chi connectivity index (χ1v) is 6.70. The van der Waals surface area contributed by atoms with Gasteiger partial charge in [-0.25, -0.2) is 0 Å². The number of hydrogen-bond acceptors (Lipinski definition) is 1. The van der Waals surface area contributed by atoms with Gasteiger partial charge in [-0.15, -0.1) is 0 Å². The molecule has 0 fully saturated rings. The van der Waals surface area contributed by atoms with Gasteiger partial charge in [0.15, 0.2) is 0 Å². The van der Waals surface area contributed by atoms with E-state index >= 15 is 0 Å². The third kappa shape index (κ3) is 5.72. The van der Waals surface area contributed by atoms with Gasteiger partial charge >= 0.3 is 6.18 Å². The fourth-order valence-corrected chi connectivity index (χ4v) is 2.01. The quantitative estimate of drug-likeness (QED) is 0.745. The van der Waals surface area contributed by atoms with E-state index in [1.54, 1.807) is 0 Å². The number of rotatable bonds is 5. The molecule has 1 aromatic rings. The fraction of sp³-hybridized carbons (Fsp3) is 0.571. The maximum absolute atomic E-state index is 12.7. The van der Waals surface area contributed by atoms with Crippen LogP contribution in [0.5, 0.6) is 0 Å². The van der Waals surface area contributed by atoms with E-state index in [4.69, 9.17) is 11.6 Å². The molecular weight excluding hydrogens is 275 g/mol. The minimum absolute atomic E-state index is 0.0911. The zero-order valence-electron chi connectivity index (χ0n) is 11.3. The van der Waals surface area contributed by atoms with Gasteiger partial charge in [0.1, 0.15) is 0 Å². The van der Waals surface area contributed by atoms with E-state index in [0.29, 0.717) is 11.6 Å². The van der Waals surface area contributed by atoms with E-state index in [0.717, 1.165) is 25.0 Å². The molecule has 0 amide bonds. The predicted octanol–water partition coefficient (Wildman–Crippen LogP) is 5.60. The van der Waals surface area contributed by atoms with Gasteiger partial charge in [0, 0.05) is 16.8 Å². The van der Waals surface area contributed by atoms with Gasteiger partial charge in [0.2, 0.25) is 0 Å². The van der Waals surface area contributed by atoms with Crippen LogP contribution in [-0.2, 0) is 6.18 Å². The van der Waals surface area contributed by atoms with Crippen molar-refractivity contribution in [1.82, 2.24) is 0 Å². The number of nitrogens with one attached hydrogen (secondary N) is 1. The molecule has 0 radical (unpaired) electrons. The lowest BCUT2D eigenvalue weighted by Gasteiger charge is -2.18. The molecular formula is C14H19ClF3N. The lowest BCUT2D eigenvalue weighted by Crippen LogP contribution is -2.16. The minimum Gasteiger partial charge on any atom is -0.383 e. The topological polar surface area (TPSA) is 12.0 Å². The zero-order chi connectivity index (χ0) is 14.6. The average molecular weight is 294 g/mol. The van der Waals surface area contributed by atoms with Crippen molar-refractivity contribution < 1.29 is 13.2 Å². The van der Waals surface area contributed by atoms with Crippen LogP contribution in [-0.4, -0.2) is 6.04 Å². The summed E-state index contributed by atoms with van der Waals surface area (Å²) in [6, 6.07) is 3.66. The second-order valence-corrected chi connectivity index (χ2v) is 5.68. The summed E-state index contributed by atoms with van der Waals surface area (Å²) in [5.74, 6) is 0.578. The van der Waals surface area contributed by atoms with Crippen molar-refractivity contribution in [3.05, 3.63) is 28.8 Å². The lowest BCUT2D eigenvalue weighted by atomic mass is 10.0. The van der Waals surface area contributed by atoms with Crippen molar-refractivity contribution in [1.29, 1.82) is 0 Å². The first-order chi connectivity index (χ1) is 8.68. The summed E-state index contributed by atoms with van der Waals surface area (Å²) in [4.78, 5) is 0. The molecule has 0 aromatic heterocycles. The second kappa shape index (κ2) is 6.51. The summed E-state index contributed by atoms with van der Waals surface area (Å²) >= 11 is 5.73. The number of benzene rings is 1. The van der Waals surface area contributed by atoms with Gasteiger partial charge in [0.05, 0.1) is 5.56 Å². The molecule has 0 saturated heterocycles. The highest BCUT2D eigenvalue weighted by molar-refractivity contribution is 6.30. The molecule has 0 aliphatic carbocycles. The number of anilines is 1. The van der Waals surface area contributed by atoms with Crippen molar-refractivity contribution in [2.75, 3.05) is 5.32 Å². The Morgan fingerprint density at radius 3 is 2.26 bits per heavy atom. The van der Waals surface area contributed by atoms with Gasteiger partial charge in [-0.1, -0.05) is 25.4 Å². The highest BCUT2D eigenvalue weighted by Gasteiger charge is 2.31. The third-order valence-corrected chi connectivity index (χ3v) is 3.03. The molecule has 1 N–H and O–H groups in total. The molecule has 108 valence electrons. The Balaban J connectivity index is 2.76. The maximum atomic E-state index is 12.7. The first-order valence-electron chi connectivity index (χ1n) is 6.33. The number of alkyl halides is 3. The Labute approximate surface area is 117 Å². The van der Waals surface area contributed by atoms with E-state index < -0.39 is 11.7 Å². The van der Waals surface area contributed by atoms with Crippen molar-refractivity contribution >= 4 is 17.3 Å². The SMILES string of the molecule is CC(C)CCC(C)Nc1cc(Cl)cc(C(F)(F)F)c1. The summed E-state index contributed by atoms with van der Waals surface area (Å²) in [5, 5.41) is 3.16. The molecule has 1 aromatic carbocycles. The van der Waals surface area contributed by atoms with Gasteiger partial charge in [0.25, 0.3) is 0 Å². The Hall–Kier alpha value is -0.900. The number of hydrogen-bond donors (Lipinski definition) is 1. The summed E-state index contributed by atoms with van der Waals surface area (Å²) in [6.07, 6.45) is -2.44. The van der Waals surface area contributed by atoms with Crippen LogP contribution in [0.1, 0.15) is 39.2 Å². The Kier molecular flexibility index (Phi) is 5.53. The van der Waals surface area contributed by atoms with Crippen LogP contribution < -0.4 is 5.32 Å². The van der Waals surface area contributed by atoms with E-state index in [1.165, 1.54) is 6.07 Å². The van der Waals surface area contributed by atoms with Gasteiger partial charge < -0.3 is 5.32 Å². The Morgan fingerprint density at radius 1 is 1.11 bits per heavy atom. The lowest BCUT2D eigenvalue weighted by molar-refractivity contribution is -0.137. The molecule has 1 unspecified atom stereocenters. The molecule has 1 rings (SSSR count). The molecule has 0 aliphatic rings. The smallest absolute Gasteiger partial charge is 0.383 e. The predicted molar refractivity (Wildman–Crippen MR) is 73.6 cm³/mol. The highest BCUT2D eigenvalue weighted by Crippen LogP contribution is 2.33. The summed E-state index contributed by atoms with van der Waals surface area (Å²) in [5.41, 5.74) is -0.311. The largest absolute Gasteiger partial charge is 0.416 e. The van der Waals surface area contributed by atoms with E-state index in [9.17, 15) is 13.2 Å². The van der Waals surface area contributed by atoms with Crippen molar-refractivity contribution in [3.63, 3.8) is 0 Å². The molecule has 0 spiro atoms. The molecule has 5 heteroatoms. The molecule has 19 heavy (non-hydrogen) atoms. The van der Waals surface area contributed by atoms with Crippen molar-refractivity contribution in [2.45, 2.75) is 45.8 Å². The molecule has 1 nitrogen and oxygen atoms in total. The monoisotopic (exact) mass is 293 g/mol. The van der Waals surface area contributed by atoms with E-state index in [1.807, 2.05) is 6.92 Å². The minimum atomic E-state index is -4.37. The van der Waals surface area contributed by atoms with Crippen LogP contribution in [0, 0.1) is 5.92 Å². The summed E-state index contributed by atoms with van der Waals surface area (Å²) in [6.45, 7) is 6.19. The average Bonchev–Trinajstić information content (AvgIpc) is 2.24. The third-order valence-electron chi connectivity index (χ3n) is 2.82. The van der Waals surface area contributed by atoms with Gasteiger partial charge in [-0.2, -0.15) is 13.2 Å². The van der Waals surface area contributed by atoms with Crippen LogP contribution in [0.25, 0.3) is 0 Å². The van der Waals surface area contributed by atoms with Crippen molar-refractivity contribution in [3.8, 4) is 0 Å². The molecule has 0 heterocycles. The van der Waals surface area contributed by atoms with Crippen LogP contribution in [0.15, 0.2) is 18.2 Å². The normalized spacial score (nSPS) is 13.7. The second-order valence-electron chi connectivity index (χ2n) is 5.24. The van der Waals surface area contributed by atoms with E-state index in [-0.39, 0.29) is 11.1 Å². The van der Waals surface area contributed by atoms with Crippen LogP contribution in [0.3, 0.4) is 0 Å². The first kappa shape index (κ1) is 16.2. The Morgan fingerprint density at radius 2 is 1.74 bits per heavy atom. The highest BCUT2D eigenvalue weighted by atomic mass is 35.5. The molecule has 1 atom stereocenters. The zero-order valence-corrected chi connectivity index (χ0v) is 12.1. The Bertz CT molecular complexity index is 416. The standard InChI is InChI=1S/C14H19ClF3N/c1-9(2)4-5-10(3)19-13-7-11(14(16,17)18)6-12(15)8-13/h6-10,19H,4-5H2,1-3H3.